The van der Waals surface area contributed by atoms with Crippen molar-refractivity contribution in [2.24, 2.45) is 5.92 Å². The van der Waals surface area contributed by atoms with E-state index in [1.807, 2.05) is 6.07 Å². The Hall–Kier alpha value is -0.980. The summed E-state index contributed by atoms with van der Waals surface area (Å²) in [5.41, 5.74) is 2.95. The number of hydrogen-bond acceptors (Lipinski definition) is 1. The van der Waals surface area contributed by atoms with E-state index >= 15 is 0 Å². The van der Waals surface area contributed by atoms with Crippen LogP contribution in [0.5, 0.6) is 5.75 Å². The molecule has 0 saturated heterocycles. The van der Waals surface area contributed by atoms with E-state index in [1.54, 1.807) is 6.07 Å². The maximum atomic E-state index is 9.49. The van der Waals surface area contributed by atoms with Crippen LogP contribution < -0.4 is 0 Å². The van der Waals surface area contributed by atoms with Gasteiger partial charge in [-0.25, -0.2) is 0 Å². The highest BCUT2D eigenvalue weighted by molar-refractivity contribution is 5.41. The number of fused-ring (bicyclic) bond motifs is 1. The lowest BCUT2D eigenvalue weighted by Crippen LogP contribution is -2.28. The fourth-order valence-electron chi connectivity index (χ4n) is 2.80. The van der Waals surface area contributed by atoms with Crippen LogP contribution >= 0.6 is 0 Å². The van der Waals surface area contributed by atoms with Gasteiger partial charge in [-0.3, -0.25) is 0 Å². The lowest BCUT2D eigenvalue weighted by atomic mass is 9.69. The average Bonchev–Trinajstić information content (AvgIpc) is 2.05. The quantitative estimate of drug-likeness (QED) is 0.665. The van der Waals surface area contributed by atoms with Gasteiger partial charge < -0.3 is 5.11 Å². The minimum atomic E-state index is 0.214. The van der Waals surface area contributed by atoms with Gasteiger partial charge in [-0.05, 0) is 47.4 Å². The van der Waals surface area contributed by atoms with Crippen LogP contribution in [0.4, 0.5) is 0 Å². The lowest BCUT2D eigenvalue weighted by Gasteiger charge is -2.36. The number of rotatable bonds is 0. The summed E-state index contributed by atoms with van der Waals surface area (Å²) < 4.78 is 0. The van der Waals surface area contributed by atoms with Gasteiger partial charge in [-0.2, -0.15) is 0 Å². The second-order valence-electron chi connectivity index (χ2n) is 5.24. The van der Waals surface area contributed by atoms with Gasteiger partial charge in [0.25, 0.3) is 0 Å². The first kappa shape index (κ1) is 9.57. The number of aromatic hydroxyl groups is 1. The normalized spacial score (nSPS) is 24.4. The number of phenols is 1. The molecule has 1 aromatic carbocycles. The molecular weight excluding hydrogens is 172 g/mol. The van der Waals surface area contributed by atoms with Gasteiger partial charge in [-0.1, -0.05) is 26.8 Å². The fourth-order valence-corrected chi connectivity index (χ4v) is 2.80. The van der Waals surface area contributed by atoms with Crippen molar-refractivity contribution in [3.63, 3.8) is 0 Å². The minimum absolute atomic E-state index is 0.214. The Balaban J connectivity index is 2.53. The molecule has 0 saturated carbocycles. The number of benzene rings is 1. The van der Waals surface area contributed by atoms with Crippen LogP contribution in [0.25, 0.3) is 0 Å². The van der Waals surface area contributed by atoms with Crippen LogP contribution in [-0.4, -0.2) is 5.11 Å². The number of phenolic OH excluding ortho intramolecular Hbond substituents is 1. The highest BCUT2D eigenvalue weighted by Crippen LogP contribution is 2.40. The maximum Gasteiger partial charge on any atom is 0.115 e. The Bertz CT molecular complexity index is 352. The Kier molecular flexibility index (Phi) is 2.06. The highest BCUT2D eigenvalue weighted by atomic mass is 16.3. The van der Waals surface area contributed by atoms with E-state index in [4.69, 9.17) is 0 Å². The smallest absolute Gasteiger partial charge is 0.115 e. The topological polar surface area (TPSA) is 20.2 Å². The van der Waals surface area contributed by atoms with Crippen molar-refractivity contribution in [1.82, 2.24) is 0 Å². The van der Waals surface area contributed by atoms with Crippen molar-refractivity contribution < 1.29 is 5.11 Å². The van der Waals surface area contributed by atoms with Crippen LogP contribution in [0.3, 0.4) is 0 Å². The van der Waals surface area contributed by atoms with Crippen LogP contribution in [0.15, 0.2) is 18.2 Å². The van der Waals surface area contributed by atoms with Gasteiger partial charge >= 0.3 is 0 Å². The van der Waals surface area contributed by atoms with E-state index < -0.39 is 0 Å². The molecule has 76 valence electrons. The molecule has 1 unspecified atom stereocenters. The molecular formula is C13H18O. The van der Waals surface area contributed by atoms with Crippen molar-refractivity contribution in [2.45, 2.75) is 39.0 Å². The summed E-state index contributed by atoms with van der Waals surface area (Å²) >= 11 is 0. The van der Waals surface area contributed by atoms with Gasteiger partial charge in [0.05, 0.1) is 0 Å². The van der Waals surface area contributed by atoms with Crippen LogP contribution in [0.1, 0.15) is 38.3 Å². The van der Waals surface area contributed by atoms with Crippen molar-refractivity contribution in [2.75, 3.05) is 0 Å². The van der Waals surface area contributed by atoms with E-state index in [1.165, 1.54) is 17.5 Å². The molecule has 1 N–H and O–H groups in total. The van der Waals surface area contributed by atoms with E-state index in [2.05, 4.69) is 26.8 Å². The molecule has 1 aromatic rings. The van der Waals surface area contributed by atoms with Crippen molar-refractivity contribution in [3.8, 4) is 5.75 Å². The van der Waals surface area contributed by atoms with Gasteiger partial charge in [0, 0.05) is 0 Å². The van der Waals surface area contributed by atoms with Gasteiger partial charge in [0.1, 0.15) is 5.75 Å². The molecule has 0 fully saturated rings. The Morgan fingerprint density at radius 3 is 2.79 bits per heavy atom. The second kappa shape index (κ2) is 3.01. The third kappa shape index (κ3) is 1.52. The zero-order valence-corrected chi connectivity index (χ0v) is 9.17. The molecule has 0 amide bonds. The fraction of sp³-hybridized carbons (Fsp3) is 0.538. The van der Waals surface area contributed by atoms with E-state index in [0.717, 1.165) is 12.3 Å². The molecule has 0 spiro atoms. The Morgan fingerprint density at radius 1 is 1.36 bits per heavy atom. The zero-order valence-electron chi connectivity index (χ0n) is 9.17. The summed E-state index contributed by atoms with van der Waals surface area (Å²) in [5, 5.41) is 9.49. The molecule has 1 atom stereocenters. The molecule has 0 aliphatic heterocycles. The molecule has 0 bridgehead atoms. The minimum Gasteiger partial charge on any atom is -0.508 e. The summed E-state index contributed by atoms with van der Waals surface area (Å²) in [7, 11) is 0. The van der Waals surface area contributed by atoms with Gasteiger partial charge in [0.15, 0.2) is 0 Å². The van der Waals surface area contributed by atoms with Gasteiger partial charge in [-0.15, -0.1) is 0 Å². The summed E-state index contributed by atoms with van der Waals surface area (Å²) in [5.74, 6) is 1.15. The van der Waals surface area contributed by atoms with Crippen LogP contribution in [0, 0.1) is 5.92 Å². The molecule has 2 rings (SSSR count). The SMILES string of the molecule is CC1Cc2ccc(O)cc2C(C)(C)C1. The van der Waals surface area contributed by atoms with E-state index in [0.29, 0.717) is 5.75 Å². The first-order valence-corrected chi connectivity index (χ1v) is 5.31. The van der Waals surface area contributed by atoms with Crippen LogP contribution in [0.2, 0.25) is 0 Å². The molecule has 0 aromatic heterocycles. The lowest BCUT2D eigenvalue weighted by molar-refractivity contribution is 0.346. The summed E-state index contributed by atoms with van der Waals surface area (Å²) in [4.78, 5) is 0. The summed E-state index contributed by atoms with van der Waals surface area (Å²) in [6, 6.07) is 5.80. The number of hydrogen-bond donors (Lipinski definition) is 1. The molecule has 1 aliphatic rings. The summed E-state index contributed by atoms with van der Waals surface area (Å²) in [6.45, 7) is 6.83. The van der Waals surface area contributed by atoms with E-state index in [-0.39, 0.29) is 5.41 Å². The third-order valence-corrected chi connectivity index (χ3v) is 3.25. The largest absolute Gasteiger partial charge is 0.508 e. The van der Waals surface area contributed by atoms with E-state index in [9.17, 15) is 5.11 Å². The molecule has 0 radical (unpaired) electrons. The third-order valence-electron chi connectivity index (χ3n) is 3.25. The molecule has 1 heteroatoms. The van der Waals surface area contributed by atoms with Gasteiger partial charge in [0.2, 0.25) is 0 Å². The predicted molar refractivity (Wildman–Crippen MR) is 58.6 cm³/mol. The Morgan fingerprint density at radius 2 is 2.07 bits per heavy atom. The van der Waals surface area contributed by atoms with Crippen molar-refractivity contribution in [3.05, 3.63) is 29.3 Å². The molecule has 1 nitrogen and oxygen atoms in total. The standard InChI is InChI=1S/C13H18O/c1-9-6-10-4-5-11(14)7-12(10)13(2,3)8-9/h4-5,7,9,14H,6,8H2,1-3H3. The highest BCUT2D eigenvalue weighted by Gasteiger charge is 2.30. The average molecular weight is 190 g/mol. The van der Waals surface area contributed by atoms with Crippen molar-refractivity contribution >= 4 is 0 Å². The second-order valence-corrected chi connectivity index (χ2v) is 5.24. The first-order chi connectivity index (χ1) is 6.49. The molecule has 14 heavy (non-hydrogen) atoms. The first-order valence-electron chi connectivity index (χ1n) is 5.31. The monoisotopic (exact) mass is 190 g/mol. The molecule has 1 aliphatic carbocycles. The molecule has 0 heterocycles. The zero-order chi connectivity index (χ0) is 10.3. The van der Waals surface area contributed by atoms with Crippen LogP contribution in [-0.2, 0) is 11.8 Å². The van der Waals surface area contributed by atoms with Crippen molar-refractivity contribution in [1.29, 1.82) is 0 Å². The summed E-state index contributed by atoms with van der Waals surface area (Å²) in [6.07, 6.45) is 2.36. The predicted octanol–water partition coefficient (Wildman–Crippen LogP) is 3.25. The maximum absolute atomic E-state index is 9.49. The Labute approximate surface area is 85.8 Å².